The molecule has 0 radical (unpaired) electrons. The maximum absolute atomic E-state index is 13.3. The van der Waals surface area contributed by atoms with Crippen LogP contribution in [0.2, 0.25) is 0 Å². The number of halogens is 2. The topological polar surface area (TPSA) is 62.6 Å². The Morgan fingerprint density at radius 3 is 2.86 bits per heavy atom. The quantitative estimate of drug-likeness (QED) is 0.908. The molecule has 22 heavy (non-hydrogen) atoms. The third kappa shape index (κ3) is 3.04. The highest BCUT2D eigenvalue weighted by atomic mass is 79.9. The van der Waals surface area contributed by atoms with Gasteiger partial charge in [0.05, 0.1) is 6.04 Å². The molecule has 0 saturated carbocycles. The van der Waals surface area contributed by atoms with E-state index in [-0.39, 0.29) is 30.0 Å². The van der Waals surface area contributed by atoms with E-state index in [1.807, 2.05) is 0 Å². The van der Waals surface area contributed by atoms with E-state index in [4.69, 9.17) is 4.42 Å². The Labute approximate surface area is 134 Å². The third-order valence-corrected chi connectivity index (χ3v) is 3.80. The van der Waals surface area contributed by atoms with Gasteiger partial charge in [-0.05, 0) is 46.3 Å². The van der Waals surface area contributed by atoms with Crippen molar-refractivity contribution in [3.8, 4) is 0 Å². The van der Waals surface area contributed by atoms with Crippen LogP contribution in [-0.4, -0.2) is 24.4 Å². The van der Waals surface area contributed by atoms with Gasteiger partial charge in [-0.15, -0.1) is 0 Å². The van der Waals surface area contributed by atoms with Crippen LogP contribution in [0.5, 0.6) is 0 Å². The van der Waals surface area contributed by atoms with E-state index >= 15 is 0 Å². The highest BCUT2D eigenvalue weighted by molar-refractivity contribution is 9.10. The van der Waals surface area contributed by atoms with E-state index in [0.29, 0.717) is 16.9 Å². The van der Waals surface area contributed by atoms with Crippen molar-refractivity contribution >= 4 is 33.4 Å². The molecule has 1 saturated heterocycles. The normalized spacial score (nSPS) is 17.8. The SMILES string of the molecule is O=C(N[C@@H]1CC(=O)N(c2cccc(F)c2)C1)c1ccc(Br)o1. The van der Waals surface area contributed by atoms with Gasteiger partial charge < -0.3 is 14.6 Å². The maximum Gasteiger partial charge on any atom is 0.287 e. The largest absolute Gasteiger partial charge is 0.444 e. The summed E-state index contributed by atoms with van der Waals surface area (Å²) in [5, 5.41) is 2.74. The predicted octanol–water partition coefficient (Wildman–Crippen LogP) is 2.72. The van der Waals surface area contributed by atoms with Crippen molar-refractivity contribution in [3.05, 3.63) is 52.6 Å². The number of nitrogens with one attached hydrogen (secondary N) is 1. The van der Waals surface area contributed by atoms with Crippen LogP contribution in [0, 0.1) is 5.82 Å². The first-order valence-electron chi connectivity index (χ1n) is 6.65. The molecule has 1 aromatic heterocycles. The molecule has 1 fully saturated rings. The fraction of sp³-hybridized carbons (Fsp3) is 0.200. The molecule has 2 amide bonds. The van der Waals surface area contributed by atoms with Crippen molar-refractivity contribution < 1.29 is 18.4 Å². The fourth-order valence-electron chi connectivity index (χ4n) is 2.39. The summed E-state index contributed by atoms with van der Waals surface area (Å²) in [5.41, 5.74) is 0.488. The average Bonchev–Trinajstić information content (AvgIpc) is 3.05. The van der Waals surface area contributed by atoms with Gasteiger partial charge in [-0.2, -0.15) is 0 Å². The average molecular weight is 367 g/mol. The zero-order chi connectivity index (χ0) is 15.7. The summed E-state index contributed by atoms with van der Waals surface area (Å²) in [7, 11) is 0. The van der Waals surface area contributed by atoms with Crippen LogP contribution in [0.25, 0.3) is 0 Å². The molecule has 7 heteroatoms. The molecule has 0 unspecified atom stereocenters. The van der Waals surface area contributed by atoms with E-state index in [2.05, 4.69) is 21.2 Å². The minimum absolute atomic E-state index is 0.156. The number of hydrogen-bond acceptors (Lipinski definition) is 3. The summed E-state index contributed by atoms with van der Waals surface area (Å²) in [4.78, 5) is 25.5. The molecule has 114 valence electrons. The van der Waals surface area contributed by atoms with Crippen molar-refractivity contribution in [2.24, 2.45) is 0 Å². The van der Waals surface area contributed by atoms with Crippen LogP contribution < -0.4 is 10.2 Å². The summed E-state index contributed by atoms with van der Waals surface area (Å²) >= 11 is 3.13. The summed E-state index contributed by atoms with van der Waals surface area (Å²) < 4.78 is 18.9. The van der Waals surface area contributed by atoms with Gasteiger partial charge in [-0.25, -0.2) is 4.39 Å². The molecule has 1 N–H and O–H groups in total. The Hall–Kier alpha value is -2.15. The molecule has 0 spiro atoms. The first-order valence-corrected chi connectivity index (χ1v) is 7.44. The second-order valence-electron chi connectivity index (χ2n) is 4.96. The Bertz CT molecular complexity index is 731. The number of amides is 2. The number of rotatable bonds is 3. The van der Waals surface area contributed by atoms with E-state index in [1.165, 1.54) is 17.0 Å². The van der Waals surface area contributed by atoms with Gasteiger partial charge in [0.25, 0.3) is 5.91 Å². The Morgan fingerprint density at radius 2 is 2.18 bits per heavy atom. The Balaban J connectivity index is 1.68. The van der Waals surface area contributed by atoms with Crippen LogP contribution in [-0.2, 0) is 4.79 Å². The molecule has 1 aromatic carbocycles. The first kappa shape index (κ1) is 14.8. The maximum atomic E-state index is 13.3. The van der Waals surface area contributed by atoms with Crippen molar-refractivity contribution in [3.63, 3.8) is 0 Å². The Morgan fingerprint density at radius 1 is 1.36 bits per heavy atom. The van der Waals surface area contributed by atoms with Crippen LogP contribution in [0.3, 0.4) is 0 Å². The van der Waals surface area contributed by atoms with Crippen molar-refractivity contribution in [1.82, 2.24) is 5.32 Å². The van der Waals surface area contributed by atoms with Gasteiger partial charge >= 0.3 is 0 Å². The Kier molecular flexibility index (Phi) is 3.98. The van der Waals surface area contributed by atoms with Crippen molar-refractivity contribution in [2.45, 2.75) is 12.5 Å². The lowest BCUT2D eigenvalue weighted by Crippen LogP contribution is -2.37. The van der Waals surface area contributed by atoms with Crippen LogP contribution >= 0.6 is 15.9 Å². The van der Waals surface area contributed by atoms with E-state index in [1.54, 1.807) is 24.3 Å². The van der Waals surface area contributed by atoms with Crippen LogP contribution in [0.1, 0.15) is 17.0 Å². The molecule has 1 aliphatic heterocycles. The highest BCUT2D eigenvalue weighted by Gasteiger charge is 2.32. The number of carbonyl (C=O) groups is 2. The van der Waals surface area contributed by atoms with Gasteiger partial charge in [-0.1, -0.05) is 6.07 Å². The van der Waals surface area contributed by atoms with Crippen molar-refractivity contribution in [2.75, 3.05) is 11.4 Å². The monoisotopic (exact) mass is 366 g/mol. The smallest absolute Gasteiger partial charge is 0.287 e. The zero-order valence-corrected chi connectivity index (χ0v) is 13.0. The lowest BCUT2D eigenvalue weighted by Gasteiger charge is -2.17. The summed E-state index contributed by atoms with van der Waals surface area (Å²) in [5.74, 6) is -0.775. The molecule has 1 atom stereocenters. The number of benzene rings is 1. The number of carbonyl (C=O) groups excluding carboxylic acids is 2. The number of nitrogens with zero attached hydrogens (tertiary/aromatic N) is 1. The predicted molar refractivity (Wildman–Crippen MR) is 81.0 cm³/mol. The summed E-state index contributed by atoms with van der Waals surface area (Å²) in [6.45, 7) is 0.301. The molecule has 0 bridgehead atoms. The molecular formula is C15H12BrFN2O3. The molecule has 5 nitrogen and oxygen atoms in total. The van der Waals surface area contributed by atoms with Gasteiger partial charge in [-0.3, -0.25) is 9.59 Å². The lowest BCUT2D eigenvalue weighted by atomic mass is 10.2. The van der Waals surface area contributed by atoms with Crippen molar-refractivity contribution in [1.29, 1.82) is 0 Å². The van der Waals surface area contributed by atoms with Gasteiger partial charge in [0.15, 0.2) is 10.4 Å². The summed E-state index contributed by atoms with van der Waals surface area (Å²) in [6, 6.07) is 8.64. The molecule has 0 aliphatic carbocycles. The second-order valence-corrected chi connectivity index (χ2v) is 5.74. The fourth-order valence-corrected chi connectivity index (χ4v) is 2.70. The van der Waals surface area contributed by atoms with E-state index in [9.17, 15) is 14.0 Å². The molecule has 2 heterocycles. The molecule has 1 aliphatic rings. The minimum atomic E-state index is -0.404. The third-order valence-electron chi connectivity index (χ3n) is 3.38. The van der Waals surface area contributed by atoms with E-state index < -0.39 is 5.82 Å². The second kappa shape index (κ2) is 5.92. The van der Waals surface area contributed by atoms with E-state index in [0.717, 1.165) is 0 Å². The summed E-state index contributed by atoms with van der Waals surface area (Å²) in [6.07, 6.45) is 0.171. The zero-order valence-electron chi connectivity index (χ0n) is 11.4. The van der Waals surface area contributed by atoms with Gasteiger partial charge in [0, 0.05) is 18.7 Å². The first-order chi connectivity index (χ1) is 10.5. The number of anilines is 1. The molecule has 3 rings (SSSR count). The molecule has 2 aromatic rings. The minimum Gasteiger partial charge on any atom is -0.444 e. The molecular weight excluding hydrogens is 355 g/mol. The van der Waals surface area contributed by atoms with Gasteiger partial charge in [0.1, 0.15) is 5.82 Å². The van der Waals surface area contributed by atoms with Gasteiger partial charge in [0.2, 0.25) is 5.91 Å². The van der Waals surface area contributed by atoms with Crippen LogP contribution in [0.15, 0.2) is 45.5 Å². The van der Waals surface area contributed by atoms with Crippen LogP contribution in [0.4, 0.5) is 10.1 Å². The highest BCUT2D eigenvalue weighted by Crippen LogP contribution is 2.22. The lowest BCUT2D eigenvalue weighted by molar-refractivity contribution is -0.117. The number of furan rings is 1. The number of hydrogen-bond donors (Lipinski definition) is 1. The standard InChI is InChI=1S/C15H12BrFN2O3/c16-13-5-4-12(22-13)15(21)18-10-7-14(20)19(8-10)11-3-1-2-9(17)6-11/h1-6,10H,7-8H2,(H,18,21)/t10-/m1/s1.